The van der Waals surface area contributed by atoms with Gasteiger partial charge in [0, 0.05) is 25.2 Å². The van der Waals surface area contributed by atoms with Crippen LogP contribution < -0.4 is 5.32 Å². The van der Waals surface area contributed by atoms with E-state index >= 15 is 0 Å². The van der Waals surface area contributed by atoms with Crippen molar-refractivity contribution < 1.29 is 4.39 Å². The van der Waals surface area contributed by atoms with Crippen LogP contribution in [-0.2, 0) is 0 Å². The van der Waals surface area contributed by atoms with Crippen molar-refractivity contribution in [2.75, 3.05) is 26.3 Å². The van der Waals surface area contributed by atoms with Gasteiger partial charge in [-0.3, -0.25) is 9.29 Å². The van der Waals surface area contributed by atoms with Gasteiger partial charge in [0.2, 0.25) is 0 Å². The standard InChI is InChI=1S/C13H27FN2/c1-11(2)9-13-10-16(8-4-6-14)12(3)5-7-15-13/h11-13,15H,4-10H2,1-3H3. The van der Waals surface area contributed by atoms with E-state index in [0.29, 0.717) is 18.5 Å². The summed E-state index contributed by atoms with van der Waals surface area (Å²) in [5, 5.41) is 3.61. The van der Waals surface area contributed by atoms with E-state index in [4.69, 9.17) is 0 Å². The zero-order valence-corrected chi connectivity index (χ0v) is 11.0. The van der Waals surface area contributed by atoms with Gasteiger partial charge in [0.1, 0.15) is 0 Å². The van der Waals surface area contributed by atoms with E-state index in [9.17, 15) is 4.39 Å². The van der Waals surface area contributed by atoms with Gasteiger partial charge in [-0.15, -0.1) is 0 Å². The third-order valence-electron chi connectivity index (χ3n) is 3.41. The monoisotopic (exact) mass is 230 g/mol. The topological polar surface area (TPSA) is 15.3 Å². The summed E-state index contributed by atoms with van der Waals surface area (Å²) in [6.45, 7) is 9.70. The zero-order valence-electron chi connectivity index (χ0n) is 11.0. The van der Waals surface area contributed by atoms with Crippen LogP contribution in [0.5, 0.6) is 0 Å². The van der Waals surface area contributed by atoms with Gasteiger partial charge in [-0.1, -0.05) is 13.8 Å². The van der Waals surface area contributed by atoms with E-state index in [1.807, 2.05) is 0 Å². The molecule has 1 heterocycles. The number of hydrogen-bond acceptors (Lipinski definition) is 2. The van der Waals surface area contributed by atoms with Crippen molar-refractivity contribution in [3.8, 4) is 0 Å². The highest BCUT2D eigenvalue weighted by Gasteiger charge is 2.22. The van der Waals surface area contributed by atoms with E-state index in [1.54, 1.807) is 0 Å². The second-order valence-electron chi connectivity index (χ2n) is 5.46. The maximum absolute atomic E-state index is 12.2. The lowest BCUT2D eigenvalue weighted by atomic mass is 10.0. The van der Waals surface area contributed by atoms with Crippen LogP contribution >= 0.6 is 0 Å². The van der Waals surface area contributed by atoms with Gasteiger partial charge >= 0.3 is 0 Å². The van der Waals surface area contributed by atoms with Gasteiger partial charge in [-0.25, -0.2) is 0 Å². The molecule has 0 aliphatic carbocycles. The van der Waals surface area contributed by atoms with Crippen LogP contribution in [0.15, 0.2) is 0 Å². The van der Waals surface area contributed by atoms with Crippen molar-refractivity contribution in [1.29, 1.82) is 0 Å². The Labute approximate surface area is 99.6 Å². The molecule has 1 rings (SSSR count). The van der Waals surface area contributed by atoms with E-state index < -0.39 is 0 Å². The molecule has 1 saturated heterocycles. The van der Waals surface area contributed by atoms with Crippen LogP contribution in [0.2, 0.25) is 0 Å². The molecule has 0 aromatic rings. The minimum absolute atomic E-state index is 0.189. The maximum atomic E-state index is 12.2. The zero-order chi connectivity index (χ0) is 12.0. The predicted molar refractivity (Wildman–Crippen MR) is 67.5 cm³/mol. The molecular formula is C13H27FN2. The molecule has 96 valence electrons. The minimum Gasteiger partial charge on any atom is -0.313 e. The highest BCUT2D eigenvalue weighted by atomic mass is 19.1. The van der Waals surface area contributed by atoms with Crippen molar-refractivity contribution in [1.82, 2.24) is 10.2 Å². The van der Waals surface area contributed by atoms with Gasteiger partial charge in [0.15, 0.2) is 0 Å². The van der Waals surface area contributed by atoms with Crippen molar-refractivity contribution in [3.05, 3.63) is 0 Å². The van der Waals surface area contributed by atoms with Crippen molar-refractivity contribution >= 4 is 0 Å². The fraction of sp³-hybridized carbons (Fsp3) is 1.00. The summed E-state index contributed by atoms with van der Waals surface area (Å²) in [5.41, 5.74) is 0. The fourth-order valence-corrected chi connectivity index (χ4v) is 2.51. The second-order valence-corrected chi connectivity index (χ2v) is 5.46. The molecular weight excluding hydrogens is 203 g/mol. The van der Waals surface area contributed by atoms with E-state index in [-0.39, 0.29) is 6.67 Å². The number of nitrogens with zero attached hydrogens (tertiary/aromatic N) is 1. The van der Waals surface area contributed by atoms with Crippen LogP contribution in [0.1, 0.15) is 40.0 Å². The molecule has 1 N–H and O–H groups in total. The molecule has 2 atom stereocenters. The lowest BCUT2D eigenvalue weighted by Gasteiger charge is -2.29. The number of nitrogens with one attached hydrogen (secondary N) is 1. The maximum Gasteiger partial charge on any atom is 0.0906 e. The summed E-state index contributed by atoms with van der Waals surface area (Å²) in [6.07, 6.45) is 3.08. The average Bonchev–Trinajstić information content (AvgIpc) is 2.37. The normalized spacial score (nSPS) is 28.3. The fourth-order valence-electron chi connectivity index (χ4n) is 2.51. The van der Waals surface area contributed by atoms with Crippen LogP contribution in [-0.4, -0.2) is 43.3 Å². The largest absolute Gasteiger partial charge is 0.313 e. The molecule has 0 bridgehead atoms. The Morgan fingerprint density at radius 1 is 1.44 bits per heavy atom. The first-order chi connectivity index (χ1) is 7.63. The van der Waals surface area contributed by atoms with E-state index in [1.165, 1.54) is 12.8 Å². The molecule has 16 heavy (non-hydrogen) atoms. The highest BCUT2D eigenvalue weighted by Crippen LogP contribution is 2.14. The Morgan fingerprint density at radius 2 is 2.19 bits per heavy atom. The molecule has 3 heteroatoms. The summed E-state index contributed by atoms with van der Waals surface area (Å²) in [4.78, 5) is 2.45. The number of halogens is 1. The molecule has 0 saturated carbocycles. The Balaban J connectivity index is 2.44. The Morgan fingerprint density at radius 3 is 2.81 bits per heavy atom. The third-order valence-corrected chi connectivity index (χ3v) is 3.41. The molecule has 2 unspecified atom stereocenters. The average molecular weight is 230 g/mol. The summed E-state index contributed by atoms with van der Waals surface area (Å²) in [7, 11) is 0. The quantitative estimate of drug-likeness (QED) is 0.780. The third kappa shape index (κ3) is 4.79. The van der Waals surface area contributed by atoms with Crippen molar-refractivity contribution in [2.24, 2.45) is 5.92 Å². The first-order valence-electron chi connectivity index (χ1n) is 6.67. The molecule has 2 nitrogen and oxygen atoms in total. The Kier molecular flexibility index (Phi) is 6.29. The van der Waals surface area contributed by atoms with Crippen molar-refractivity contribution in [3.63, 3.8) is 0 Å². The molecule has 1 fully saturated rings. The molecule has 0 radical (unpaired) electrons. The van der Waals surface area contributed by atoms with Gasteiger partial charge in [-0.05, 0) is 38.6 Å². The lowest BCUT2D eigenvalue weighted by Crippen LogP contribution is -2.41. The van der Waals surface area contributed by atoms with Crippen LogP contribution in [0.3, 0.4) is 0 Å². The van der Waals surface area contributed by atoms with Crippen molar-refractivity contribution in [2.45, 2.75) is 52.1 Å². The SMILES string of the molecule is CC(C)CC1CN(CCCF)C(C)CCN1. The van der Waals surface area contributed by atoms with Gasteiger partial charge in [0.05, 0.1) is 6.67 Å². The van der Waals surface area contributed by atoms with Gasteiger partial charge in [0.25, 0.3) is 0 Å². The summed E-state index contributed by atoms with van der Waals surface area (Å²) < 4.78 is 12.2. The summed E-state index contributed by atoms with van der Waals surface area (Å²) in [6, 6.07) is 1.18. The summed E-state index contributed by atoms with van der Waals surface area (Å²) >= 11 is 0. The predicted octanol–water partition coefficient (Wildman–Crippen LogP) is 2.44. The number of rotatable bonds is 5. The number of alkyl halides is 1. The van der Waals surface area contributed by atoms with Gasteiger partial charge < -0.3 is 5.32 Å². The smallest absolute Gasteiger partial charge is 0.0906 e. The minimum atomic E-state index is -0.189. The summed E-state index contributed by atoms with van der Waals surface area (Å²) in [5.74, 6) is 0.730. The molecule has 0 aromatic heterocycles. The van der Waals surface area contributed by atoms with Crippen LogP contribution in [0.4, 0.5) is 4.39 Å². The lowest BCUT2D eigenvalue weighted by molar-refractivity contribution is 0.190. The molecule has 1 aliphatic heterocycles. The first-order valence-corrected chi connectivity index (χ1v) is 6.67. The second kappa shape index (κ2) is 7.23. The first kappa shape index (κ1) is 13.9. The molecule has 0 spiro atoms. The van der Waals surface area contributed by atoms with Crippen LogP contribution in [0.25, 0.3) is 0 Å². The van der Waals surface area contributed by atoms with E-state index in [2.05, 4.69) is 31.0 Å². The highest BCUT2D eigenvalue weighted by molar-refractivity contribution is 4.81. The van der Waals surface area contributed by atoms with Gasteiger partial charge in [-0.2, -0.15) is 0 Å². The molecule has 0 amide bonds. The Hall–Kier alpha value is -0.150. The molecule has 1 aliphatic rings. The van der Waals surface area contributed by atoms with Crippen LogP contribution in [0, 0.1) is 5.92 Å². The van der Waals surface area contributed by atoms with E-state index in [0.717, 1.165) is 25.6 Å². The Bertz CT molecular complexity index is 185. The molecule has 0 aromatic carbocycles. The number of hydrogen-bond donors (Lipinski definition) is 1.